The van der Waals surface area contributed by atoms with Gasteiger partial charge in [-0.25, -0.2) is 0 Å². The van der Waals surface area contributed by atoms with Gasteiger partial charge in [-0.15, -0.1) is 0 Å². The minimum Gasteiger partial charge on any atom is -0.491 e. The Kier molecular flexibility index (Phi) is 4.63. The SMILES string of the molecule is COCCOc1cc(C(C)C)ccc1C. The molecular weight excluding hydrogens is 188 g/mol. The summed E-state index contributed by atoms with van der Waals surface area (Å²) in [4.78, 5) is 0. The molecule has 0 radical (unpaired) electrons. The Labute approximate surface area is 92.2 Å². The molecule has 84 valence electrons. The first-order chi connectivity index (χ1) is 7.15. The molecule has 0 unspecified atom stereocenters. The highest BCUT2D eigenvalue weighted by molar-refractivity contribution is 5.37. The second-order valence-corrected chi connectivity index (χ2v) is 4.02. The van der Waals surface area contributed by atoms with Crippen molar-refractivity contribution in [1.82, 2.24) is 0 Å². The second kappa shape index (κ2) is 5.76. The number of hydrogen-bond acceptors (Lipinski definition) is 2. The highest BCUT2D eigenvalue weighted by atomic mass is 16.5. The Morgan fingerprint density at radius 2 is 1.93 bits per heavy atom. The smallest absolute Gasteiger partial charge is 0.122 e. The molecule has 0 aromatic heterocycles. The van der Waals surface area contributed by atoms with Gasteiger partial charge in [0.2, 0.25) is 0 Å². The maximum absolute atomic E-state index is 5.64. The van der Waals surface area contributed by atoms with Gasteiger partial charge in [0.15, 0.2) is 0 Å². The molecule has 0 aliphatic rings. The molecule has 15 heavy (non-hydrogen) atoms. The minimum absolute atomic E-state index is 0.537. The van der Waals surface area contributed by atoms with E-state index < -0.39 is 0 Å². The van der Waals surface area contributed by atoms with Crippen molar-refractivity contribution in [1.29, 1.82) is 0 Å². The Morgan fingerprint density at radius 3 is 2.53 bits per heavy atom. The molecule has 2 heteroatoms. The van der Waals surface area contributed by atoms with Crippen molar-refractivity contribution in [3.63, 3.8) is 0 Å². The summed E-state index contributed by atoms with van der Waals surface area (Å²) in [7, 11) is 1.68. The molecule has 2 nitrogen and oxygen atoms in total. The van der Waals surface area contributed by atoms with Crippen molar-refractivity contribution in [2.45, 2.75) is 26.7 Å². The van der Waals surface area contributed by atoms with E-state index in [1.165, 1.54) is 11.1 Å². The molecule has 0 saturated heterocycles. The number of rotatable bonds is 5. The maximum atomic E-state index is 5.64. The van der Waals surface area contributed by atoms with Crippen LogP contribution in [0.25, 0.3) is 0 Å². The van der Waals surface area contributed by atoms with Crippen LogP contribution in [0.3, 0.4) is 0 Å². The molecule has 0 fully saturated rings. The molecule has 0 aliphatic heterocycles. The van der Waals surface area contributed by atoms with Gasteiger partial charge in [-0.1, -0.05) is 26.0 Å². The maximum Gasteiger partial charge on any atom is 0.122 e. The zero-order valence-electron chi connectivity index (χ0n) is 10.0. The van der Waals surface area contributed by atoms with Crippen LogP contribution in [0.15, 0.2) is 18.2 Å². The summed E-state index contributed by atoms with van der Waals surface area (Å²) in [6, 6.07) is 6.39. The van der Waals surface area contributed by atoms with Crippen LogP contribution in [0, 0.1) is 6.92 Å². The Hall–Kier alpha value is -1.02. The van der Waals surface area contributed by atoms with Crippen LogP contribution in [-0.2, 0) is 4.74 Å². The summed E-state index contributed by atoms with van der Waals surface area (Å²) in [5.41, 5.74) is 2.49. The van der Waals surface area contributed by atoms with Gasteiger partial charge in [0.25, 0.3) is 0 Å². The lowest BCUT2D eigenvalue weighted by Gasteiger charge is -2.12. The fourth-order valence-corrected chi connectivity index (χ4v) is 1.37. The fourth-order valence-electron chi connectivity index (χ4n) is 1.37. The summed E-state index contributed by atoms with van der Waals surface area (Å²) in [5, 5.41) is 0. The van der Waals surface area contributed by atoms with Crippen molar-refractivity contribution in [3.05, 3.63) is 29.3 Å². The van der Waals surface area contributed by atoms with E-state index in [0.29, 0.717) is 19.1 Å². The van der Waals surface area contributed by atoms with Gasteiger partial charge in [0.05, 0.1) is 6.61 Å². The molecule has 0 amide bonds. The lowest BCUT2D eigenvalue weighted by molar-refractivity contribution is 0.146. The Bertz CT molecular complexity index is 305. The van der Waals surface area contributed by atoms with Crippen molar-refractivity contribution >= 4 is 0 Å². The van der Waals surface area contributed by atoms with Gasteiger partial charge in [0, 0.05) is 7.11 Å². The van der Waals surface area contributed by atoms with E-state index in [9.17, 15) is 0 Å². The van der Waals surface area contributed by atoms with Gasteiger partial charge >= 0.3 is 0 Å². The molecule has 0 heterocycles. The molecule has 0 bridgehead atoms. The lowest BCUT2D eigenvalue weighted by atomic mass is 10.0. The van der Waals surface area contributed by atoms with Crippen LogP contribution in [0.2, 0.25) is 0 Å². The largest absolute Gasteiger partial charge is 0.491 e. The normalized spacial score (nSPS) is 10.7. The first-order valence-electron chi connectivity index (χ1n) is 5.37. The second-order valence-electron chi connectivity index (χ2n) is 4.02. The van der Waals surface area contributed by atoms with E-state index in [1.807, 2.05) is 0 Å². The average Bonchev–Trinajstić information content (AvgIpc) is 2.20. The van der Waals surface area contributed by atoms with Gasteiger partial charge in [0.1, 0.15) is 12.4 Å². The van der Waals surface area contributed by atoms with Crippen LogP contribution in [-0.4, -0.2) is 20.3 Å². The van der Waals surface area contributed by atoms with E-state index >= 15 is 0 Å². The first-order valence-corrected chi connectivity index (χ1v) is 5.37. The Morgan fingerprint density at radius 1 is 1.20 bits per heavy atom. The van der Waals surface area contributed by atoms with Crippen molar-refractivity contribution in [3.8, 4) is 5.75 Å². The number of ether oxygens (including phenoxy) is 2. The van der Waals surface area contributed by atoms with Gasteiger partial charge in [-0.3, -0.25) is 0 Å². The van der Waals surface area contributed by atoms with Gasteiger partial charge in [-0.05, 0) is 30.0 Å². The summed E-state index contributed by atoms with van der Waals surface area (Å²) < 4.78 is 10.6. The monoisotopic (exact) mass is 208 g/mol. The van der Waals surface area contributed by atoms with E-state index in [1.54, 1.807) is 7.11 Å². The third-order valence-electron chi connectivity index (χ3n) is 2.42. The first kappa shape index (κ1) is 12.1. The zero-order chi connectivity index (χ0) is 11.3. The van der Waals surface area contributed by atoms with Gasteiger partial charge in [-0.2, -0.15) is 0 Å². The predicted octanol–water partition coefficient (Wildman–Crippen LogP) is 3.14. The highest BCUT2D eigenvalue weighted by Gasteiger charge is 2.04. The molecule has 0 aliphatic carbocycles. The third kappa shape index (κ3) is 3.56. The van der Waals surface area contributed by atoms with Crippen molar-refractivity contribution in [2.75, 3.05) is 20.3 Å². The molecule has 1 aromatic carbocycles. The van der Waals surface area contributed by atoms with Crippen molar-refractivity contribution < 1.29 is 9.47 Å². The Balaban J connectivity index is 2.72. The molecule has 0 atom stereocenters. The van der Waals surface area contributed by atoms with Crippen LogP contribution >= 0.6 is 0 Å². The predicted molar refractivity (Wildman–Crippen MR) is 62.6 cm³/mol. The van der Waals surface area contributed by atoms with Crippen LogP contribution in [0.5, 0.6) is 5.75 Å². The van der Waals surface area contributed by atoms with Crippen LogP contribution in [0.4, 0.5) is 0 Å². The zero-order valence-corrected chi connectivity index (χ0v) is 10.0. The molecule has 0 spiro atoms. The summed E-state index contributed by atoms with van der Waals surface area (Å²) >= 11 is 0. The van der Waals surface area contributed by atoms with Crippen molar-refractivity contribution in [2.24, 2.45) is 0 Å². The molecule has 0 saturated carbocycles. The van der Waals surface area contributed by atoms with E-state index in [-0.39, 0.29) is 0 Å². The summed E-state index contributed by atoms with van der Waals surface area (Å²) in [5.74, 6) is 1.51. The number of hydrogen-bond donors (Lipinski definition) is 0. The standard InChI is InChI=1S/C13H20O2/c1-10(2)12-6-5-11(3)13(9-12)15-8-7-14-4/h5-6,9-10H,7-8H2,1-4H3. The highest BCUT2D eigenvalue weighted by Crippen LogP contribution is 2.24. The number of aryl methyl sites for hydroxylation is 1. The van der Waals surface area contributed by atoms with Crippen LogP contribution in [0.1, 0.15) is 30.9 Å². The molecule has 1 rings (SSSR count). The lowest BCUT2D eigenvalue weighted by Crippen LogP contribution is -2.05. The molecular formula is C13H20O2. The van der Waals surface area contributed by atoms with E-state index in [4.69, 9.17) is 9.47 Å². The topological polar surface area (TPSA) is 18.5 Å². The number of benzene rings is 1. The quantitative estimate of drug-likeness (QED) is 0.692. The third-order valence-corrected chi connectivity index (χ3v) is 2.42. The summed E-state index contributed by atoms with van der Waals surface area (Å²) in [6.07, 6.45) is 0. The molecule has 0 N–H and O–H groups in total. The number of methoxy groups -OCH3 is 1. The summed E-state index contributed by atoms with van der Waals surface area (Å²) in [6.45, 7) is 7.67. The van der Waals surface area contributed by atoms with Gasteiger partial charge < -0.3 is 9.47 Å². The van der Waals surface area contributed by atoms with Crippen LogP contribution < -0.4 is 4.74 Å². The van der Waals surface area contributed by atoms with E-state index in [0.717, 1.165) is 5.75 Å². The minimum atomic E-state index is 0.537. The average molecular weight is 208 g/mol. The molecule has 1 aromatic rings. The van der Waals surface area contributed by atoms with E-state index in [2.05, 4.69) is 39.0 Å². The fraction of sp³-hybridized carbons (Fsp3) is 0.538.